The Labute approximate surface area is 201 Å². The van der Waals surface area contributed by atoms with Crippen molar-refractivity contribution < 1.29 is 9.53 Å². The highest BCUT2D eigenvalue weighted by Crippen LogP contribution is 2.35. The summed E-state index contributed by atoms with van der Waals surface area (Å²) in [6, 6.07) is 10.2. The molecule has 0 spiro atoms. The quantitative estimate of drug-likeness (QED) is 0.550. The molecule has 1 aliphatic heterocycles. The van der Waals surface area contributed by atoms with Gasteiger partial charge in [-0.1, -0.05) is 25.1 Å². The smallest absolute Gasteiger partial charge is 0.256 e. The minimum absolute atomic E-state index is 0.0988. The summed E-state index contributed by atoms with van der Waals surface area (Å²) in [6.07, 6.45) is 2.33. The number of hydrogen-bond acceptors (Lipinski definition) is 4. The van der Waals surface area contributed by atoms with E-state index in [0.29, 0.717) is 28.8 Å². The lowest BCUT2D eigenvalue weighted by molar-refractivity contribution is 0.0951. The van der Waals surface area contributed by atoms with Gasteiger partial charge in [0.2, 0.25) is 0 Å². The van der Waals surface area contributed by atoms with E-state index < -0.39 is 0 Å². The number of amides is 1. The Balaban J connectivity index is 1.63. The summed E-state index contributed by atoms with van der Waals surface area (Å²) in [6.45, 7) is 11.8. The van der Waals surface area contributed by atoms with E-state index in [2.05, 4.69) is 39.7 Å². The standard InChI is InChI=1S/C27H36N4O3/c1-6-30-13-11-20(12-14-30)18(3)31-19(4)25(21-9-7-8-10-23(21)31)27(33)28-16-22-24(34-5)15-17(2)29-26(22)32/h7-10,15,18,20H,6,11-14,16H2,1-5H3,(H,28,33)(H,29,32)/t18-/m0/s1. The van der Waals surface area contributed by atoms with E-state index in [4.69, 9.17) is 4.74 Å². The fraction of sp³-hybridized carbons (Fsp3) is 0.481. The van der Waals surface area contributed by atoms with Crippen molar-refractivity contribution in [3.63, 3.8) is 0 Å². The Morgan fingerprint density at radius 2 is 1.94 bits per heavy atom. The fourth-order valence-electron chi connectivity index (χ4n) is 5.46. The molecular formula is C27H36N4O3. The number of hydrogen-bond donors (Lipinski definition) is 2. The van der Waals surface area contributed by atoms with Gasteiger partial charge in [0.1, 0.15) is 5.75 Å². The molecule has 1 saturated heterocycles. The largest absolute Gasteiger partial charge is 0.496 e. The molecule has 1 aromatic carbocycles. The van der Waals surface area contributed by atoms with Gasteiger partial charge >= 0.3 is 0 Å². The lowest BCUT2D eigenvalue weighted by Crippen LogP contribution is -2.36. The maximum absolute atomic E-state index is 13.4. The fourth-order valence-corrected chi connectivity index (χ4v) is 5.46. The number of aromatic nitrogens is 2. The number of carbonyl (C=O) groups excluding carboxylic acids is 1. The van der Waals surface area contributed by atoms with Crippen molar-refractivity contribution in [2.75, 3.05) is 26.7 Å². The molecule has 3 aromatic rings. The van der Waals surface area contributed by atoms with Gasteiger partial charge in [-0.2, -0.15) is 0 Å². The van der Waals surface area contributed by atoms with Crippen molar-refractivity contribution in [2.45, 2.75) is 53.1 Å². The van der Waals surface area contributed by atoms with Crippen LogP contribution in [0, 0.1) is 19.8 Å². The normalized spacial score (nSPS) is 16.0. The summed E-state index contributed by atoms with van der Waals surface area (Å²) in [4.78, 5) is 31.2. The van der Waals surface area contributed by atoms with E-state index >= 15 is 0 Å². The number of carbonyl (C=O) groups is 1. The van der Waals surface area contributed by atoms with E-state index in [1.165, 1.54) is 20.0 Å². The number of H-pyrrole nitrogens is 1. The Morgan fingerprint density at radius 3 is 2.62 bits per heavy atom. The predicted molar refractivity (Wildman–Crippen MR) is 136 cm³/mol. The highest BCUT2D eigenvalue weighted by Gasteiger charge is 2.29. The molecule has 0 saturated carbocycles. The average Bonchev–Trinajstić information content (AvgIpc) is 3.14. The number of pyridine rings is 1. The maximum atomic E-state index is 13.4. The summed E-state index contributed by atoms with van der Waals surface area (Å²) in [7, 11) is 1.53. The molecule has 7 nitrogen and oxygen atoms in total. The summed E-state index contributed by atoms with van der Waals surface area (Å²) in [5, 5.41) is 3.91. The van der Waals surface area contributed by atoms with Crippen LogP contribution in [0.25, 0.3) is 10.9 Å². The van der Waals surface area contributed by atoms with E-state index in [1.807, 2.05) is 25.1 Å². The van der Waals surface area contributed by atoms with Crippen LogP contribution in [0.2, 0.25) is 0 Å². The number of likely N-dealkylation sites (tertiary alicyclic amines) is 1. The molecule has 2 N–H and O–H groups in total. The highest BCUT2D eigenvalue weighted by molar-refractivity contribution is 6.08. The van der Waals surface area contributed by atoms with E-state index in [1.54, 1.807) is 13.0 Å². The van der Waals surface area contributed by atoms with E-state index in [0.717, 1.165) is 41.9 Å². The van der Waals surface area contributed by atoms with E-state index in [-0.39, 0.29) is 18.0 Å². The van der Waals surface area contributed by atoms with Crippen LogP contribution in [0.4, 0.5) is 0 Å². The predicted octanol–water partition coefficient (Wildman–Crippen LogP) is 4.18. The molecule has 1 atom stereocenters. The number of aryl methyl sites for hydroxylation is 1. The van der Waals surface area contributed by atoms with Crippen molar-refractivity contribution in [3.8, 4) is 5.75 Å². The highest BCUT2D eigenvalue weighted by atomic mass is 16.5. The van der Waals surface area contributed by atoms with Crippen molar-refractivity contribution in [1.29, 1.82) is 0 Å². The van der Waals surface area contributed by atoms with Gasteiger partial charge in [-0.05, 0) is 71.3 Å². The zero-order valence-electron chi connectivity index (χ0n) is 20.9. The molecule has 1 amide bonds. The van der Waals surface area contributed by atoms with Crippen LogP contribution in [0.1, 0.15) is 60.0 Å². The zero-order chi connectivity index (χ0) is 24.4. The molecule has 1 aliphatic rings. The molecule has 1 fully saturated rings. The molecule has 0 unspecified atom stereocenters. The van der Waals surface area contributed by atoms with Gasteiger partial charge < -0.3 is 24.5 Å². The lowest BCUT2D eigenvalue weighted by atomic mass is 9.90. The first kappa shape index (κ1) is 24.1. The monoisotopic (exact) mass is 464 g/mol. The molecule has 34 heavy (non-hydrogen) atoms. The second-order valence-electron chi connectivity index (χ2n) is 9.37. The van der Waals surface area contributed by atoms with Gasteiger partial charge in [0, 0.05) is 28.3 Å². The molecule has 0 bridgehead atoms. The number of para-hydroxylation sites is 1. The molecular weight excluding hydrogens is 428 g/mol. The topological polar surface area (TPSA) is 79.4 Å². The van der Waals surface area contributed by atoms with Gasteiger partial charge in [-0.25, -0.2) is 0 Å². The third-order valence-electron chi connectivity index (χ3n) is 7.43. The summed E-state index contributed by atoms with van der Waals surface area (Å²) in [5.41, 5.74) is 3.61. The number of benzene rings is 1. The van der Waals surface area contributed by atoms with Crippen molar-refractivity contribution in [1.82, 2.24) is 19.8 Å². The zero-order valence-corrected chi connectivity index (χ0v) is 20.9. The number of ether oxygens (including phenoxy) is 1. The van der Waals surface area contributed by atoms with Crippen molar-refractivity contribution in [2.24, 2.45) is 5.92 Å². The van der Waals surface area contributed by atoms with E-state index in [9.17, 15) is 9.59 Å². The van der Waals surface area contributed by atoms with Gasteiger partial charge in [0.15, 0.2) is 0 Å². The number of aromatic amines is 1. The van der Waals surface area contributed by atoms with Crippen molar-refractivity contribution in [3.05, 3.63) is 63.2 Å². The average molecular weight is 465 g/mol. The van der Waals surface area contributed by atoms with Gasteiger partial charge in [-0.3, -0.25) is 9.59 Å². The molecule has 0 radical (unpaired) electrons. The summed E-state index contributed by atoms with van der Waals surface area (Å²) in [5.74, 6) is 0.874. The number of methoxy groups -OCH3 is 1. The Hall–Kier alpha value is -3.06. The number of nitrogens with zero attached hydrogens (tertiary/aromatic N) is 2. The number of piperidine rings is 1. The summed E-state index contributed by atoms with van der Waals surface area (Å²) < 4.78 is 7.72. The second kappa shape index (κ2) is 10.1. The molecule has 0 aliphatic carbocycles. The third-order valence-corrected chi connectivity index (χ3v) is 7.43. The maximum Gasteiger partial charge on any atom is 0.256 e. The number of rotatable bonds is 7. The molecule has 2 aromatic heterocycles. The SMILES string of the molecule is CCN1CCC([C@H](C)n2c(C)c(C(=O)NCc3c(OC)cc(C)[nH]c3=O)c3ccccc32)CC1. The van der Waals surface area contributed by atoms with Gasteiger partial charge in [0.25, 0.3) is 11.5 Å². The minimum atomic E-state index is -0.247. The molecule has 4 rings (SSSR count). The first-order valence-corrected chi connectivity index (χ1v) is 12.2. The molecule has 182 valence electrons. The summed E-state index contributed by atoms with van der Waals surface area (Å²) >= 11 is 0. The number of nitrogens with one attached hydrogen (secondary N) is 2. The van der Waals surface area contributed by atoms with Crippen LogP contribution in [0.3, 0.4) is 0 Å². The van der Waals surface area contributed by atoms with Crippen LogP contribution >= 0.6 is 0 Å². The minimum Gasteiger partial charge on any atom is -0.496 e. The Bertz CT molecular complexity index is 1230. The van der Waals surface area contributed by atoms with Crippen molar-refractivity contribution >= 4 is 16.8 Å². The van der Waals surface area contributed by atoms with Crippen LogP contribution in [-0.2, 0) is 6.54 Å². The Kier molecular flexibility index (Phi) is 7.12. The first-order valence-electron chi connectivity index (χ1n) is 12.2. The Morgan fingerprint density at radius 1 is 1.24 bits per heavy atom. The molecule has 3 heterocycles. The van der Waals surface area contributed by atoms with Crippen LogP contribution < -0.4 is 15.6 Å². The second-order valence-corrected chi connectivity index (χ2v) is 9.37. The van der Waals surface area contributed by atoms with Gasteiger partial charge in [0.05, 0.1) is 24.8 Å². The van der Waals surface area contributed by atoms with Gasteiger partial charge in [-0.15, -0.1) is 0 Å². The van der Waals surface area contributed by atoms with Crippen LogP contribution in [0.5, 0.6) is 5.75 Å². The first-order chi connectivity index (χ1) is 16.3. The lowest BCUT2D eigenvalue weighted by Gasteiger charge is -2.35. The third kappa shape index (κ3) is 4.49. The molecule has 7 heteroatoms. The van der Waals surface area contributed by atoms with Crippen LogP contribution in [0.15, 0.2) is 35.1 Å². The van der Waals surface area contributed by atoms with Crippen LogP contribution in [-0.4, -0.2) is 47.1 Å². The number of fused-ring (bicyclic) bond motifs is 1.